The third-order valence-electron chi connectivity index (χ3n) is 5.24. The Bertz CT molecular complexity index is 889. The summed E-state index contributed by atoms with van der Waals surface area (Å²) in [6, 6.07) is 12.7. The van der Waals surface area contributed by atoms with Crippen LogP contribution in [0.5, 0.6) is 5.75 Å². The molecule has 1 N–H and O–H groups in total. The van der Waals surface area contributed by atoms with Crippen LogP contribution in [0.4, 0.5) is 0 Å². The normalized spacial score (nSPS) is 14.8. The highest BCUT2D eigenvalue weighted by Gasteiger charge is 2.24. The van der Waals surface area contributed by atoms with Crippen molar-refractivity contribution >= 4 is 27.5 Å². The van der Waals surface area contributed by atoms with Crippen molar-refractivity contribution in [3.63, 3.8) is 0 Å². The first-order valence-electron chi connectivity index (χ1n) is 9.26. The number of nitrogens with one attached hydrogen (secondary N) is 1. The maximum Gasteiger partial charge on any atom is 0.267 e. The smallest absolute Gasteiger partial charge is 0.267 e. The highest BCUT2D eigenvalue weighted by molar-refractivity contribution is 7.17. The van der Waals surface area contributed by atoms with Crippen molar-refractivity contribution in [2.24, 2.45) is 0 Å². The molecule has 0 aliphatic heterocycles. The summed E-state index contributed by atoms with van der Waals surface area (Å²) in [5.74, 6) is 0.890. The Morgan fingerprint density at radius 1 is 1.23 bits per heavy atom. The molecule has 0 spiro atoms. The van der Waals surface area contributed by atoms with Crippen LogP contribution in [0.15, 0.2) is 41.8 Å². The van der Waals surface area contributed by atoms with Crippen molar-refractivity contribution in [2.45, 2.75) is 38.1 Å². The molecule has 4 nitrogen and oxygen atoms in total. The van der Waals surface area contributed by atoms with Crippen molar-refractivity contribution in [2.75, 3.05) is 13.7 Å². The molecule has 0 bridgehead atoms. The highest BCUT2D eigenvalue weighted by Crippen LogP contribution is 2.36. The van der Waals surface area contributed by atoms with E-state index in [0.29, 0.717) is 12.6 Å². The first kappa shape index (κ1) is 17.2. The van der Waals surface area contributed by atoms with Crippen LogP contribution >= 0.6 is 11.3 Å². The van der Waals surface area contributed by atoms with Crippen LogP contribution in [0.25, 0.3) is 10.2 Å². The quantitative estimate of drug-likeness (QED) is 0.679. The zero-order valence-electron chi connectivity index (χ0n) is 15.0. The van der Waals surface area contributed by atoms with E-state index < -0.39 is 0 Å². The van der Waals surface area contributed by atoms with Gasteiger partial charge in [-0.15, -0.1) is 11.3 Å². The second-order valence-electron chi connectivity index (χ2n) is 6.86. The molecule has 1 saturated carbocycles. The van der Waals surface area contributed by atoms with Gasteiger partial charge in [-0.05, 0) is 54.5 Å². The Labute approximate surface area is 157 Å². The second kappa shape index (κ2) is 7.54. The summed E-state index contributed by atoms with van der Waals surface area (Å²) in [6.07, 6.45) is 5.67. The summed E-state index contributed by atoms with van der Waals surface area (Å²) in [7, 11) is 1.67. The number of amides is 1. The maximum absolute atomic E-state index is 12.8. The SMILES string of the molecule is COc1ccc(CCNC(=O)c2cc3sccc3n2C2CCCC2)cc1. The van der Waals surface area contributed by atoms with Crippen LogP contribution in [0.1, 0.15) is 47.8 Å². The molecule has 0 unspecified atom stereocenters. The van der Waals surface area contributed by atoms with Gasteiger partial charge in [-0.3, -0.25) is 4.79 Å². The van der Waals surface area contributed by atoms with Gasteiger partial charge in [-0.1, -0.05) is 25.0 Å². The summed E-state index contributed by atoms with van der Waals surface area (Å²) in [5, 5.41) is 5.22. The summed E-state index contributed by atoms with van der Waals surface area (Å²) < 4.78 is 8.67. The number of aromatic nitrogens is 1. The van der Waals surface area contributed by atoms with E-state index in [-0.39, 0.29) is 5.91 Å². The third kappa shape index (κ3) is 3.36. The summed E-state index contributed by atoms with van der Waals surface area (Å²) in [5.41, 5.74) is 3.22. The van der Waals surface area contributed by atoms with E-state index in [1.165, 1.54) is 41.5 Å². The summed E-state index contributed by atoms with van der Waals surface area (Å²) in [6.45, 7) is 0.634. The van der Waals surface area contributed by atoms with Crippen LogP contribution in [0.3, 0.4) is 0 Å². The lowest BCUT2D eigenvalue weighted by atomic mass is 10.1. The highest BCUT2D eigenvalue weighted by atomic mass is 32.1. The molecule has 1 aliphatic rings. The van der Waals surface area contributed by atoms with Crippen molar-refractivity contribution in [1.82, 2.24) is 9.88 Å². The number of carbonyl (C=O) groups is 1. The van der Waals surface area contributed by atoms with E-state index in [9.17, 15) is 4.79 Å². The van der Waals surface area contributed by atoms with Gasteiger partial charge < -0.3 is 14.6 Å². The molecular weight excluding hydrogens is 344 g/mol. The monoisotopic (exact) mass is 368 g/mol. The van der Waals surface area contributed by atoms with E-state index in [1.807, 2.05) is 24.3 Å². The lowest BCUT2D eigenvalue weighted by molar-refractivity contribution is 0.0943. The first-order valence-corrected chi connectivity index (χ1v) is 10.1. The number of thiophene rings is 1. The molecule has 5 heteroatoms. The fraction of sp³-hybridized carbons (Fsp3) is 0.381. The van der Waals surface area contributed by atoms with Crippen molar-refractivity contribution in [3.05, 3.63) is 53.0 Å². The second-order valence-corrected chi connectivity index (χ2v) is 7.81. The van der Waals surface area contributed by atoms with E-state index in [0.717, 1.165) is 17.9 Å². The summed E-state index contributed by atoms with van der Waals surface area (Å²) >= 11 is 1.71. The number of ether oxygens (including phenoxy) is 1. The van der Waals surface area contributed by atoms with Crippen LogP contribution in [-0.2, 0) is 6.42 Å². The number of benzene rings is 1. The van der Waals surface area contributed by atoms with Gasteiger partial charge in [0, 0.05) is 12.6 Å². The molecular formula is C21H24N2O2S. The van der Waals surface area contributed by atoms with Crippen molar-refractivity contribution in [1.29, 1.82) is 0 Å². The number of methoxy groups -OCH3 is 1. The minimum atomic E-state index is 0.0359. The van der Waals surface area contributed by atoms with Gasteiger partial charge in [0.2, 0.25) is 0 Å². The Morgan fingerprint density at radius 3 is 2.73 bits per heavy atom. The number of hydrogen-bond donors (Lipinski definition) is 1. The fourth-order valence-electron chi connectivity index (χ4n) is 3.88. The predicted molar refractivity (Wildman–Crippen MR) is 106 cm³/mol. The Hall–Kier alpha value is -2.27. The minimum absolute atomic E-state index is 0.0359. The molecule has 1 fully saturated rings. The Morgan fingerprint density at radius 2 is 2.00 bits per heavy atom. The van der Waals surface area contributed by atoms with Gasteiger partial charge in [0.25, 0.3) is 5.91 Å². The van der Waals surface area contributed by atoms with Gasteiger partial charge in [0.1, 0.15) is 11.4 Å². The molecule has 0 saturated heterocycles. The number of nitrogens with zero attached hydrogens (tertiary/aromatic N) is 1. The number of fused-ring (bicyclic) bond motifs is 1. The Kier molecular flexibility index (Phi) is 4.98. The van der Waals surface area contributed by atoms with Gasteiger partial charge >= 0.3 is 0 Å². The van der Waals surface area contributed by atoms with Crippen molar-refractivity contribution < 1.29 is 9.53 Å². The molecule has 1 aliphatic carbocycles. The maximum atomic E-state index is 12.8. The number of carbonyl (C=O) groups excluding carboxylic acids is 1. The van der Waals surface area contributed by atoms with Crippen LogP contribution < -0.4 is 10.1 Å². The molecule has 2 heterocycles. The number of hydrogen-bond acceptors (Lipinski definition) is 3. The van der Waals surface area contributed by atoms with Crippen molar-refractivity contribution in [3.8, 4) is 5.75 Å². The van der Waals surface area contributed by atoms with Gasteiger partial charge in [-0.25, -0.2) is 0 Å². The molecule has 0 radical (unpaired) electrons. The lowest BCUT2D eigenvalue weighted by Crippen LogP contribution is -2.28. The van der Waals surface area contributed by atoms with Gasteiger partial charge in [0.15, 0.2) is 0 Å². The lowest BCUT2D eigenvalue weighted by Gasteiger charge is -2.17. The number of rotatable bonds is 6. The molecule has 4 rings (SSSR count). The molecule has 1 aromatic carbocycles. The predicted octanol–water partition coefficient (Wildman–Crippen LogP) is 4.80. The largest absolute Gasteiger partial charge is 0.497 e. The van der Waals surface area contributed by atoms with E-state index in [2.05, 4.69) is 27.4 Å². The Balaban J connectivity index is 1.45. The standard InChI is InChI=1S/C21H24N2O2S/c1-25-17-8-6-15(7-9-17)10-12-22-21(24)19-14-20-18(11-13-26-20)23(19)16-4-2-3-5-16/h6-9,11,13-14,16H,2-5,10,12H2,1H3,(H,22,24). The average molecular weight is 369 g/mol. The van der Waals surface area contributed by atoms with Crippen LogP contribution in [-0.4, -0.2) is 24.1 Å². The van der Waals surface area contributed by atoms with E-state index >= 15 is 0 Å². The van der Waals surface area contributed by atoms with E-state index in [1.54, 1.807) is 18.4 Å². The fourth-order valence-corrected chi connectivity index (χ4v) is 4.69. The first-order chi connectivity index (χ1) is 12.8. The van der Waals surface area contributed by atoms with Crippen LogP contribution in [0.2, 0.25) is 0 Å². The topological polar surface area (TPSA) is 43.3 Å². The average Bonchev–Trinajstić information content (AvgIpc) is 3.38. The molecule has 26 heavy (non-hydrogen) atoms. The molecule has 1 amide bonds. The third-order valence-corrected chi connectivity index (χ3v) is 6.09. The van der Waals surface area contributed by atoms with E-state index in [4.69, 9.17) is 4.74 Å². The minimum Gasteiger partial charge on any atom is -0.497 e. The molecule has 136 valence electrons. The zero-order valence-corrected chi connectivity index (χ0v) is 15.8. The zero-order chi connectivity index (χ0) is 17.9. The molecule has 2 aromatic heterocycles. The van der Waals surface area contributed by atoms with Gasteiger partial charge in [0.05, 0.1) is 17.3 Å². The van der Waals surface area contributed by atoms with Crippen LogP contribution in [0, 0.1) is 0 Å². The molecule has 3 aromatic rings. The van der Waals surface area contributed by atoms with Gasteiger partial charge in [-0.2, -0.15) is 0 Å². The summed E-state index contributed by atoms with van der Waals surface area (Å²) in [4.78, 5) is 12.8. The molecule has 0 atom stereocenters.